The van der Waals surface area contributed by atoms with Gasteiger partial charge in [-0.05, 0) is 17.9 Å². The van der Waals surface area contributed by atoms with E-state index in [0.29, 0.717) is 18.4 Å². The smallest absolute Gasteiger partial charge is 0.152 e. The van der Waals surface area contributed by atoms with Crippen molar-refractivity contribution in [3.05, 3.63) is 24.2 Å². The molecule has 0 aliphatic rings. The number of rotatable bonds is 7. The number of aliphatic hydroxyl groups excluding tert-OH is 1. The van der Waals surface area contributed by atoms with Crippen molar-refractivity contribution >= 4 is 11.3 Å². The molecule has 0 aliphatic heterocycles. The zero-order chi connectivity index (χ0) is 15.4. The van der Waals surface area contributed by atoms with E-state index in [1.54, 1.807) is 6.20 Å². The number of fused-ring (bicyclic) bond motifs is 1. The zero-order valence-corrected chi connectivity index (χ0v) is 13.4. The first-order valence-electron chi connectivity index (χ1n) is 7.83. The number of hydrogen-bond donors (Lipinski definition) is 2. The fourth-order valence-corrected chi connectivity index (χ4v) is 2.56. The molecule has 2 heterocycles. The van der Waals surface area contributed by atoms with Crippen LogP contribution in [0.3, 0.4) is 0 Å². The Kier molecular flexibility index (Phi) is 5.17. The third kappa shape index (κ3) is 3.53. The maximum atomic E-state index is 10.2. The first-order valence-corrected chi connectivity index (χ1v) is 7.83. The quantitative estimate of drug-likeness (QED) is 0.822. The first-order chi connectivity index (χ1) is 10.1. The van der Waals surface area contributed by atoms with Crippen LogP contribution in [0.4, 0.5) is 5.82 Å². The largest absolute Gasteiger partial charge is 0.391 e. The standard InChI is InChI=1S/C16H26N4O/c1-5-12(6-2)15(21)10-18-16-14-9-13(11(3)4)19-20(14)8-7-17-16/h7-9,11-12,15,21H,5-6,10H2,1-4H3,(H,17,18). The summed E-state index contributed by atoms with van der Waals surface area (Å²) in [5.74, 6) is 1.49. The topological polar surface area (TPSA) is 62.5 Å². The van der Waals surface area contributed by atoms with Crippen LogP contribution in [-0.4, -0.2) is 32.4 Å². The molecule has 0 fully saturated rings. The van der Waals surface area contributed by atoms with E-state index in [-0.39, 0.29) is 6.10 Å². The van der Waals surface area contributed by atoms with Gasteiger partial charge in [-0.1, -0.05) is 40.5 Å². The molecule has 1 unspecified atom stereocenters. The van der Waals surface area contributed by atoms with Crippen LogP contribution >= 0.6 is 0 Å². The molecule has 0 spiro atoms. The number of aliphatic hydroxyl groups is 1. The summed E-state index contributed by atoms with van der Waals surface area (Å²) in [6.45, 7) is 8.99. The molecule has 0 aromatic carbocycles. The maximum absolute atomic E-state index is 10.2. The summed E-state index contributed by atoms with van der Waals surface area (Å²) >= 11 is 0. The normalized spacial score (nSPS) is 13.3. The van der Waals surface area contributed by atoms with Crippen molar-refractivity contribution in [3.8, 4) is 0 Å². The fraction of sp³-hybridized carbons (Fsp3) is 0.625. The van der Waals surface area contributed by atoms with E-state index in [4.69, 9.17) is 0 Å². The van der Waals surface area contributed by atoms with Crippen LogP contribution in [0.15, 0.2) is 18.5 Å². The van der Waals surface area contributed by atoms with Gasteiger partial charge in [0.05, 0.1) is 11.8 Å². The Morgan fingerprint density at radius 2 is 2.00 bits per heavy atom. The molecule has 21 heavy (non-hydrogen) atoms. The molecular weight excluding hydrogens is 264 g/mol. The zero-order valence-electron chi connectivity index (χ0n) is 13.4. The predicted molar refractivity (Wildman–Crippen MR) is 85.6 cm³/mol. The van der Waals surface area contributed by atoms with Crippen molar-refractivity contribution in [2.24, 2.45) is 5.92 Å². The van der Waals surface area contributed by atoms with Gasteiger partial charge in [-0.25, -0.2) is 9.50 Å². The molecule has 0 saturated carbocycles. The van der Waals surface area contributed by atoms with Gasteiger partial charge in [-0.15, -0.1) is 0 Å². The van der Waals surface area contributed by atoms with Gasteiger partial charge in [0.15, 0.2) is 5.82 Å². The van der Waals surface area contributed by atoms with Crippen LogP contribution in [0.2, 0.25) is 0 Å². The van der Waals surface area contributed by atoms with Gasteiger partial charge in [0.1, 0.15) is 5.52 Å². The summed E-state index contributed by atoms with van der Waals surface area (Å²) in [4.78, 5) is 4.38. The lowest BCUT2D eigenvalue weighted by Gasteiger charge is -2.20. The van der Waals surface area contributed by atoms with Crippen molar-refractivity contribution in [2.75, 3.05) is 11.9 Å². The lowest BCUT2D eigenvalue weighted by atomic mass is 9.96. The second-order valence-electron chi connectivity index (χ2n) is 5.85. The van der Waals surface area contributed by atoms with Crippen molar-refractivity contribution in [1.29, 1.82) is 0 Å². The number of anilines is 1. The summed E-state index contributed by atoms with van der Waals surface area (Å²) in [5.41, 5.74) is 2.00. The van der Waals surface area contributed by atoms with E-state index in [1.807, 2.05) is 10.7 Å². The van der Waals surface area contributed by atoms with E-state index in [0.717, 1.165) is 29.9 Å². The lowest BCUT2D eigenvalue weighted by molar-refractivity contribution is 0.114. The molecule has 0 radical (unpaired) electrons. The Labute approximate surface area is 126 Å². The van der Waals surface area contributed by atoms with Crippen LogP contribution < -0.4 is 5.32 Å². The summed E-state index contributed by atoms with van der Waals surface area (Å²) in [6.07, 6.45) is 5.21. The van der Waals surface area contributed by atoms with Gasteiger partial charge in [0, 0.05) is 18.9 Å². The number of hydrogen-bond acceptors (Lipinski definition) is 4. The minimum atomic E-state index is -0.352. The second kappa shape index (κ2) is 6.89. The molecule has 5 heteroatoms. The van der Waals surface area contributed by atoms with Gasteiger partial charge >= 0.3 is 0 Å². The molecule has 5 nitrogen and oxygen atoms in total. The van der Waals surface area contributed by atoms with E-state index in [9.17, 15) is 5.11 Å². The second-order valence-corrected chi connectivity index (χ2v) is 5.85. The third-order valence-corrected chi connectivity index (χ3v) is 4.07. The van der Waals surface area contributed by atoms with E-state index >= 15 is 0 Å². The van der Waals surface area contributed by atoms with E-state index < -0.39 is 0 Å². The third-order valence-electron chi connectivity index (χ3n) is 4.07. The Morgan fingerprint density at radius 1 is 1.29 bits per heavy atom. The molecule has 0 aliphatic carbocycles. The van der Waals surface area contributed by atoms with Crippen LogP contribution in [-0.2, 0) is 0 Å². The molecule has 1 atom stereocenters. The minimum Gasteiger partial charge on any atom is -0.391 e. The highest BCUT2D eigenvalue weighted by atomic mass is 16.3. The van der Waals surface area contributed by atoms with Gasteiger partial charge in [-0.2, -0.15) is 5.10 Å². The van der Waals surface area contributed by atoms with Crippen molar-refractivity contribution in [1.82, 2.24) is 14.6 Å². The molecule has 2 aromatic heterocycles. The average molecular weight is 290 g/mol. The molecular formula is C16H26N4O. The Morgan fingerprint density at radius 3 is 2.62 bits per heavy atom. The van der Waals surface area contributed by atoms with Crippen LogP contribution in [0.25, 0.3) is 5.52 Å². The predicted octanol–water partition coefficient (Wildman–Crippen LogP) is 3.06. The molecule has 0 amide bonds. The highest BCUT2D eigenvalue weighted by molar-refractivity contribution is 5.67. The number of nitrogens with one attached hydrogen (secondary N) is 1. The van der Waals surface area contributed by atoms with E-state index in [1.165, 1.54) is 0 Å². The molecule has 0 saturated heterocycles. The number of nitrogens with zero attached hydrogens (tertiary/aromatic N) is 3. The average Bonchev–Trinajstić information content (AvgIpc) is 2.91. The maximum Gasteiger partial charge on any atom is 0.152 e. The molecule has 2 N–H and O–H groups in total. The first kappa shape index (κ1) is 15.8. The van der Waals surface area contributed by atoms with Crippen LogP contribution in [0.5, 0.6) is 0 Å². The van der Waals surface area contributed by atoms with Gasteiger partial charge in [-0.3, -0.25) is 0 Å². The lowest BCUT2D eigenvalue weighted by Crippen LogP contribution is -2.28. The van der Waals surface area contributed by atoms with Crippen molar-refractivity contribution in [3.63, 3.8) is 0 Å². The summed E-state index contributed by atoms with van der Waals surface area (Å²) in [7, 11) is 0. The number of aromatic nitrogens is 3. The fourth-order valence-electron chi connectivity index (χ4n) is 2.56. The van der Waals surface area contributed by atoms with Crippen LogP contribution in [0, 0.1) is 5.92 Å². The highest BCUT2D eigenvalue weighted by Gasteiger charge is 2.16. The Balaban J connectivity index is 2.15. The SMILES string of the molecule is CCC(CC)C(O)CNc1nccn2nc(C(C)C)cc12. The summed E-state index contributed by atoms with van der Waals surface area (Å²) in [6, 6.07) is 2.06. The van der Waals surface area contributed by atoms with Crippen molar-refractivity contribution < 1.29 is 5.11 Å². The molecule has 0 bridgehead atoms. The van der Waals surface area contributed by atoms with E-state index in [2.05, 4.69) is 49.2 Å². The summed E-state index contributed by atoms with van der Waals surface area (Å²) < 4.78 is 1.84. The minimum absolute atomic E-state index is 0.327. The molecule has 2 aromatic rings. The monoisotopic (exact) mass is 290 g/mol. The van der Waals surface area contributed by atoms with Crippen molar-refractivity contribution in [2.45, 2.75) is 52.6 Å². The van der Waals surface area contributed by atoms with Gasteiger partial charge in [0.2, 0.25) is 0 Å². The Bertz CT molecular complexity index is 575. The van der Waals surface area contributed by atoms with Crippen LogP contribution in [0.1, 0.15) is 52.1 Å². The Hall–Kier alpha value is -1.62. The highest BCUT2D eigenvalue weighted by Crippen LogP contribution is 2.20. The molecule has 116 valence electrons. The summed E-state index contributed by atoms with van der Waals surface area (Å²) in [5, 5.41) is 18.0. The molecule has 2 rings (SSSR count). The van der Waals surface area contributed by atoms with Gasteiger partial charge < -0.3 is 10.4 Å². The van der Waals surface area contributed by atoms with Gasteiger partial charge in [0.25, 0.3) is 0 Å².